The van der Waals surface area contributed by atoms with Crippen molar-refractivity contribution in [3.05, 3.63) is 52.8 Å². The Hall–Kier alpha value is -2.64. The zero-order valence-corrected chi connectivity index (χ0v) is 17.1. The molecule has 2 atom stereocenters. The van der Waals surface area contributed by atoms with E-state index in [1.807, 2.05) is 45.2 Å². The van der Waals surface area contributed by atoms with Gasteiger partial charge in [-0.05, 0) is 31.5 Å². The van der Waals surface area contributed by atoms with Gasteiger partial charge in [-0.2, -0.15) is 0 Å². The number of carbonyl (C=O) groups excluding carboxylic acids is 1. The van der Waals surface area contributed by atoms with Crippen LogP contribution < -0.4 is 20.3 Å². The summed E-state index contributed by atoms with van der Waals surface area (Å²) in [6.45, 7) is 4.94. The number of rotatable bonds is 6. The number of aromatic nitrogens is 1. The number of nitrogens with one attached hydrogen (secondary N) is 2. The van der Waals surface area contributed by atoms with Crippen molar-refractivity contribution in [3.8, 4) is 11.5 Å². The average molecular weight is 384 g/mol. The van der Waals surface area contributed by atoms with Crippen molar-refractivity contribution in [1.82, 2.24) is 20.7 Å². The molecular formula is C21H28N4O3. The van der Waals surface area contributed by atoms with Gasteiger partial charge in [0.2, 0.25) is 5.91 Å². The van der Waals surface area contributed by atoms with E-state index in [0.29, 0.717) is 13.1 Å². The second kappa shape index (κ2) is 8.58. The molecule has 1 aromatic heterocycles. The van der Waals surface area contributed by atoms with Gasteiger partial charge in [0.1, 0.15) is 11.5 Å². The van der Waals surface area contributed by atoms with Crippen LogP contribution in [-0.2, 0) is 11.3 Å². The van der Waals surface area contributed by atoms with Crippen LogP contribution in [0.5, 0.6) is 11.5 Å². The Labute approximate surface area is 166 Å². The molecule has 150 valence electrons. The minimum Gasteiger partial charge on any atom is -0.497 e. The lowest BCUT2D eigenvalue weighted by atomic mass is 9.93. The molecule has 0 saturated carbocycles. The molecule has 2 N–H and O–H groups in total. The Bertz CT molecular complexity index is 856. The van der Waals surface area contributed by atoms with Crippen molar-refractivity contribution in [1.29, 1.82) is 0 Å². The number of carbonyl (C=O) groups is 1. The molecule has 0 spiro atoms. The Balaban J connectivity index is 1.77. The molecule has 0 radical (unpaired) electrons. The van der Waals surface area contributed by atoms with E-state index >= 15 is 0 Å². The fourth-order valence-electron chi connectivity index (χ4n) is 3.69. The number of hydrogen-bond donors (Lipinski definition) is 2. The van der Waals surface area contributed by atoms with Crippen LogP contribution in [0.3, 0.4) is 0 Å². The fourth-order valence-corrected chi connectivity index (χ4v) is 3.69. The third-order valence-electron chi connectivity index (χ3n) is 5.26. The number of aryl methyl sites for hydroxylation is 1. The summed E-state index contributed by atoms with van der Waals surface area (Å²) in [5, 5.41) is 0. The van der Waals surface area contributed by atoms with E-state index in [0.717, 1.165) is 33.9 Å². The SMILES string of the molecule is COc1cccc(C2NNCC2C(=O)N(C)Cc2ncc(C)c(OC)c2C)c1. The van der Waals surface area contributed by atoms with E-state index < -0.39 is 0 Å². The van der Waals surface area contributed by atoms with Gasteiger partial charge in [-0.1, -0.05) is 12.1 Å². The van der Waals surface area contributed by atoms with Gasteiger partial charge >= 0.3 is 0 Å². The van der Waals surface area contributed by atoms with Gasteiger partial charge in [0.25, 0.3) is 0 Å². The molecule has 1 aromatic carbocycles. The summed E-state index contributed by atoms with van der Waals surface area (Å²) in [5.74, 6) is 1.44. The minimum absolute atomic E-state index is 0.0612. The summed E-state index contributed by atoms with van der Waals surface area (Å²) in [6.07, 6.45) is 1.79. The molecule has 7 heteroatoms. The number of hydrogen-bond acceptors (Lipinski definition) is 6. The van der Waals surface area contributed by atoms with E-state index in [2.05, 4.69) is 15.8 Å². The highest BCUT2D eigenvalue weighted by atomic mass is 16.5. The summed E-state index contributed by atoms with van der Waals surface area (Å²) in [7, 11) is 5.11. The fraction of sp³-hybridized carbons (Fsp3) is 0.429. The van der Waals surface area contributed by atoms with Crippen molar-refractivity contribution in [2.45, 2.75) is 26.4 Å². The molecule has 7 nitrogen and oxygen atoms in total. The predicted octanol–water partition coefficient (Wildman–Crippen LogP) is 2.14. The summed E-state index contributed by atoms with van der Waals surface area (Å²) < 4.78 is 10.8. The third kappa shape index (κ3) is 3.95. The van der Waals surface area contributed by atoms with Gasteiger partial charge in [-0.25, -0.2) is 5.43 Å². The molecule has 0 aliphatic carbocycles. The molecule has 0 bridgehead atoms. The monoisotopic (exact) mass is 384 g/mol. The molecule has 1 amide bonds. The van der Waals surface area contributed by atoms with Gasteiger partial charge in [-0.15, -0.1) is 0 Å². The maximum Gasteiger partial charge on any atom is 0.229 e. The maximum absolute atomic E-state index is 13.2. The Morgan fingerprint density at radius 3 is 2.79 bits per heavy atom. The molecular weight excluding hydrogens is 356 g/mol. The van der Waals surface area contributed by atoms with Crippen LogP contribution in [0.4, 0.5) is 0 Å². The normalized spacial score (nSPS) is 18.8. The van der Waals surface area contributed by atoms with Crippen molar-refractivity contribution in [2.24, 2.45) is 5.92 Å². The van der Waals surface area contributed by atoms with Crippen LogP contribution in [-0.4, -0.2) is 43.6 Å². The zero-order valence-electron chi connectivity index (χ0n) is 17.1. The standard InChI is InChI=1S/C21H28N4O3/c1-13-10-22-18(14(2)20(13)28-5)12-25(3)21(26)17-11-23-24-19(17)15-7-6-8-16(9-15)27-4/h6-10,17,19,23-24H,11-12H2,1-5H3. The highest BCUT2D eigenvalue weighted by Gasteiger charge is 2.36. The largest absolute Gasteiger partial charge is 0.497 e. The van der Waals surface area contributed by atoms with Crippen molar-refractivity contribution in [3.63, 3.8) is 0 Å². The van der Waals surface area contributed by atoms with Crippen molar-refractivity contribution >= 4 is 5.91 Å². The molecule has 1 aliphatic rings. The number of benzene rings is 1. The quantitative estimate of drug-likeness (QED) is 0.795. The third-order valence-corrected chi connectivity index (χ3v) is 5.26. The molecule has 2 aromatic rings. The second-order valence-electron chi connectivity index (χ2n) is 7.13. The molecule has 28 heavy (non-hydrogen) atoms. The van der Waals surface area contributed by atoms with Crippen LogP contribution in [0.1, 0.15) is 28.4 Å². The van der Waals surface area contributed by atoms with Crippen LogP contribution in [0.25, 0.3) is 0 Å². The number of pyridine rings is 1. The van der Waals surface area contributed by atoms with Gasteiger partial charge in [0, 0.05) is 30.9 Å². The van der Waals surface area contributed by atoms with E-state index in [9.17, 15) is 4.79 Å². The first-order chi connectivity index (χ1) is 13.5. The first-order valence-corrected chi connectivity index (χ1v) is 9.32. The highest BCUT2D eigenvalue weighted by Crippen LogP contribution is 2.30. The van der Waals surface area contributed by atoms with E-state index in [4.69, 9.17) is 9.47 Å². The Kier molecular flexibility index (Phi) is 6.16. The lowest BCUT2D eigenvalue weighted by Gasteiger charge is -2.25. The van der Waals surface area contributed by atoms with E-state index in [1.165, 1.54) is 0 Å². The number of amides is 1. The summed E-state index contributed by atoms with van der Waals surface area (Å²) in [5.41, 5.74) is 10.2. The minimum atomic E-state index is -0.218. The number of nitrogens with zero attached hydrogens (tertiary/aromatic N) is 2. The zero-order chi connectivity index (χ0) is 20.3. The average Bonchev–Trinajstić information content (AvgIpc) is 3.19. The highest BCUT2D eigenvalue weighted by molar-refractivity contribution is 5.80. The van der Waals surface area contributed by atoms with Crippen LogP contribution in [0, 0.1) is 19.8 Å². The van der Waals surface area contributed by atoms with E-state index in [1.54, 1.807) is 25.3 Å². The van der Waals surface area contributed by atoms with Gasteiger partial charge in [-0.3, -0.25) is 15.2 Å². The van der Waals surface area contributed by atoms with E-state index in [-0.39, 0.29) is 17.9 Å². The molecule has 1 saturated heterocycles. The molecule has 2 unspecified atom stereocenters. The first-order valence-electron chi connectivity index (χ1n) is 9.32. The summed E-state index contributed by atoms with van der Waals surface area (Å²) in [6, 6.07) is 7.68. The molecule has 1 aliphatic heterocycles. The van der Waals surface area contributed by atoms with Crippen molar-refractivity contribution in [2.75, 3.05) is 27.8 Å². The molecule has 3 rings (SSSR count). The topological polar surface area (TPSA) is 75.7 Å². The smallest absolute Gasteiger partial charge is 0.229 e. The number of ether oxygens (including phenoxy) is 2. The second-order valence-corrected chi connectivity index (χ2v) is 7.13. The number of methoxy groups -OCH3 is 2. The summed E-state index contributed by atoms with van der Waals surface area (Å²) >= 11 is 0. The Morgan fingerprint density at radius 2 is 2.07 bits per heavy atom. The Morgan fingerprint density at radius 1 is 1.29 bits per heavy atom. The molecule has 1 fully saturated rings. The van der Waals surface area contributed by atoms with Crippen LogP contribution >= 0.6 is 0 Å². The number of hydrazine groups is 1. The van der Waals surface area contributed by atoms with Crippen molar-refractivity contribution < 1.29 is 14.3 Å². The molecule has 2 heterocycles. The van der Waals surface area contributed by atoms with Crippen LogP contribution in [0.2, 0.25) is 0 Å². The predicted molar refractivity (Wildman–Crippen MR) is 107 cm³/mol. The van der Waals surface area contributed by atoms with Gasteiger partial charge in [0.05, 0.1) is 38.4 Å². The van der Waals surface area contributed by atoms with Gasteiger partial charge in [0.15, 0.2) is 0 Å². The van der Waals surface area contributed by atoms with Crippen LogP contribution in [0.15, 0.2) is 30.5 Å². The van der Waals surface area contributed by atoms with Gasteiger partial charge < -0.3 is 14.4 Å². The first kappa shape index (κ1) is 20.1. The lowest BCUT2D eigenvalue weighted by molar-refractivity contribution is -0.134. The summed E-state index contributed by atoms with van der Waals surface area (Å²) in [4.78, 5) is 19.4. The lowest BCUT2D eigenvalue weighted by Crippen LogP contribution is -2.36. The maximum atomic E-state index is 13.2.